The van der Waals surface area contributed by atoms with Crippen LogP contribution in [0.25, 0.3) is 0 Å². The van der Waals surface area contributed by atoms with Gasteiger partial charge < -0.3 is 10.6 Å². The van der Waals surface area contributed by atoms with E-state index in [0.717, 1.165) is 12.2 Å². The molecule has 104 valence electrons. The first-order valence-corrected chi connectivity index (χ1v) is 6.86. The van der Waals surface area contributed by atoms with Crippen molar-refractivity contribution in [2.24, 2.45) is 0 Å². The van der Waals surface area contributed by atoms with E-state index in [4.69, 9.17) is 0 Å². The second-order valence-corrected chi connectivity index (χ2v) is 4.89. The lowest BCUT2D eigenvalue weighted by Gasteiger charge is -2.13. The van der Waals surface area contributed by atoms with Crippen LogP contribution >= 0.6 is 0 Å². The maximum absolute atomic E-state index is 11.9. The second-order valence-electron chi connectivity index (χ2n) is 4.89. The fourth-order valence-electron chi connectivity index (χ4n) is 1.97. The zero-order valence-electron chi connectivity index (χ0n) is 11.7. The van der Waals surface area contributed by atoms with Gasteiger partial charge in [0.25, 0.3) is 0 Å². The van der Waals surface area contributed by atoms with Gasteiger partial charge in [-0.25, -0.2) is 0 Å². The van der Waals surface area contributed by atoms with Crippen molar-refractivity contribution in [2.45, 2.75) is 25.9 Å². The van der Waals surface area contributed by atoms with Crippen LogP contribution in [0.5, 0.6) is 0 Å². The van der Waals surface area contributed by atoms with Gasteiger partial charge >= 0.3 is 0 Å². The highest BCUT2D eigenvalue weighted by Gasteiger charge is 2.08. The van der Waals surface area contributed by atoms with Crippen molar-refractivity contribution < 1.29 is 4.79 Å². The van der Waals surface area contributed by atoms with Gasteiger partial charge in [-0.2, -0.15) is 0 Å². The van der Waals surface area contributed by atoms with Crippen molar-refractivity contribution in [1.29, 1.82) is 0 Å². The molecule has 3 nitrogen and oxygen atoms in total. The highest BCUT2D eigenvalue weighted by atomic mass is 16.1. The summed E-state index contributed by atoms with van der Waals surface area (Å²) in [6, 6.07) is 19.8. The lowest BCUT2D eigenvalue weighted by molar-refractivity contribution is -0.116. The third-order valence-corrected chi connectivity index (χ3v) is 3.05. The first-order chi connectivity index (χ1) is 9.74. The van der Waals surface area contributed by atoms with E-state index in [1.807, 2.05) is 55.5 Å². The molecule has 0 saturated heterocycles. The summed E-state index contributed by atoms with van der Waals surface area (Å²) in [5.41, 5.74) is 2.07. The summed E-state index contributed by atoms with van der Waals surface area (Å²) in [6.07, 6.45) is 0.460. The number of hydrogen-bond donors (Lipinski definition) is 2. The minimum atomic E-state index is 0.0317. The maximum Gasteiger partial charge on any atom is 0.225 e. The van der Waals surface area contributed by atoms with E-state index < -0.39 is 0 Å². The van der Waals surface area contributed by atoms with Crippen molar-refractivity contribution >= 4 is 11.6 Å². The molecule has 2 rings (SSSR count). The number of nitrogens with one attached hydrogen (secondary N) is 2. The first kappa shape index (κ1) is 14.3. The van der Waals surface area contributed by atoms with E-state index in [1.54, 1.807) is 0 Å². The fraction of sp³-hybridized carbons (Fsp3) is 0.235. The first-order valence-electron chi connectivity index (χ1n) is 6.86. The molecule has 1 unspecified atom stereocenters. The molecule has 0 bridgehead atoms. The van der Waals surface area contributed by atoms with Crippen LogP contribution in [0.1, 0.15) is 18.9 Å². The largest absolute Gasteiger partial charge is 0.326 e. The molecule has 0 aromatic heterocycles. The summed E-state index contributed by atoms with van der Waals surface area (Å²) in [4.78, 5) is 11.9. The van der Waals surface area contributed by atoms with Crippen LogP contribution < -0.4 is 10.6 Å². The van der Waals surface area contributed by atoms with Gasteiger partial charge in [-0.05, 0) is 24.6 Å². The SMILES string of the molecule is CC(CC(=O)Nc1ccccc1)NCc1ccccc1. The number of anilines is 1. The van der Waals surface area contributed by atoms with Crippen LogP contribution in [0, 0.1) is 0 Å². The van der Waals surface area contributed by atoms with E-state index in [0.29, 0.717) is 6.42 Å². The molecule has 2 aromatic carbocycles. The van der Waals surface area contributed by atoms with E-state index in [-0.39, 0.29) is 11.9 Å². The van der Waals surface area contributed by atoms with Crippen LogP contribution in [0.3, 0.4) is 0 Å². The van der Waals surface area contributed by atoms with Crippen LogP contribution in [-0.2, 0) is 11.3 Å². The standard InChI is InChI=1S/C17H20N2O/c1-14(18-13-15-8-4-2-5-9-15)12-17(20)19-16-10-6-3-7-11-16/h2-11,14,18H,12-13H2,1H3,(H,19,20). The Kier molecular flexibility index (Phi) is 5.33. The third kappa shape index (κ3) is 4.86. The van der Waals surface area contributed by atoms with E-state index in [1.165, 1.54) is 5.56 Å². The average molecular weight is 268 g/mol. The molecule has 0 spiro atoms. The van der Waals surface area contributed by atoms with Crippen molar-refractivity contribution in [1.82, 2.24) is 5.32 Å². The average Bonchev–Trinajstić information content (AvgIpc) is 2.47. The third-order valence-electron chi connectivity index (χ3n) is 3.05. The second kappa shape index (κ2) is 7.46. The Morgan fingerprint density at radius 3 is 2.25 bits per heavy atom. The molecular weight excluding hydrogens is 248 g/mol. The van der Waals surface area contributed by atoms with Crippen LogP contribution in [0.15, 0.2) is 60.7 Å². The van der Waals surface area contributed by atoms with Crippen molar-refractivity contribution in [3.63, 3.8) is 0 Å². The van der Waals surface area contributed by atoms with Gasteiger partial charge in [0.2, 0.25) is 5.91 Å². The number of carbonyl (C=O) groups is 1. The number of carbonyl (C=O) groups excluding carboxylic acids is 1. The molecule has 1 amide bonds. The maximum atomic E-state index is 11.9. The fourth-order valence-corrected chi connectivity index (χ4v) is 1.97. The molecule has 1 atom stereocenters. The van der Waals surface area contributed by atoms with Gasteiger partial charge in [-0.15, -0.1) is 0 Å². The van der Waals surface area contributed by atoms with E-state index >= 15 is 0 Å². The number of hydrogen-bond acceptors (Lipinski definition) is 2. The number of amides is 1. The van der Waals surface area contributed by atoms with Crippen molar-refractivity contribution in [3.05, 3.63) is 66.2 Å². The molecule has 20 heavy (non-hydrogen) atoms. The smallest absolute Gasteiger partial charge is 0.225 e. The Morgan fingerprint density at radius 2 is 1.60 bits per heavy atom. The predicted molar refractivity (Wildman–Crippen MR) is 82.4 cm³/mol. The Bertz CT molecular complexity index is 525. The number of rotatable bonds is 6. The van der Waals surface area contributed by atoms with Gasteiger partial charge in [0.05, 0.1) is 0 Å². The zero-order chi connectivity index (χ0) is 14.2. The number of benzene rings is 2. The van der Waals surface area contributed by atoms with Crippen molar-refractivity contribution in [2.75, 3.05) is 5.32 Å². The Hall–Kier alpha value is -2.13. The molecular formula is C17H20N2O. The van der Waals surface area contributed by atoms with Gasteiger partial charge in [0, 0.05) is 24.7 Å². The summed E-state index contributed by atoms with van der Waals surface area (Å²) < 4.78 is 0. The van der Waals surface area contributed by atoms with E-state index in [9.17, 15) is 4.79 Å². The number of para-hydroxylation sites is 1. The topological polar surface area (TPSA) is 41.1 Å². The zero-order valence-corrected chi connectivity index (χ0v) is 11.7. The summed E-state index contributed by atoms with van der Waals surface area (Å²) in [7, 11) is 0. The lowest BCUT2D eigenvalue weighted by Crippen LogP contribution is -2.30. The Balaban J connectivity index is 1.74. The molecule has 3 heteroatoms. The van der Waals surface area contributed by atoms with E-state index in [2.05, 4.69) is 22.8 Å². The molecule has 0 aliphatic rings. The normalized spacial score (nSPS) is 11.8. The summed E-state index contributed by atoms with van der Waals surface area (Å²) in [6.45, 7) is 2.80. The highest BCUT2D eigenvalue weighted by Crippen LogP contribution is 2.06. The van der Waals surface area contributed by atoms with Gasteiger partial charge in [-0.3, -0.25) is 4.79 Å². The van der Waals surface area contributed by atoms with Crippen LogP contribution in [0.2, 0.25) is 0 Å². The molecule has 0 radical (unpaired) electrons. The van der Waals surface area contributed by atoms with Crippen LogP contribution in [0.4, 0.5) is 5.69 Å². The lowest BCUT2D eigenvalue weighted by atomic mass is 10.2. The Labute approximate surface area is 120 Å². The minimum Gasteiger partial charge on any atom is -0.326 e. The quantitative estimate of drug-likeness (QED) is 0.844. The molecule has 0 heterocycles. The summed E-state index contributed by atoms with van der Waals surface area (Å²) in [5.74, 6) is 0.0317. The molecule has 2 N–H and O–H groups in total. The Morgan fingerprint density at radius 1 is 1.00 bits per heavy atom. The molecule has 0 fully saturated rings. The van der Waals surface area contributed by atoms with Gasteiger partial charge in [0.15, 0.2) is 0 Å². The molecule has 0 saturated carbocycles. The predicted octanol–water partition coefficient (Wildman–Crippen LogP) is 3.19. The van der Waals surface area contributed by atoms with Crippen molar-refractivity contribution in [3.8, 4) is 0 Å². The molecule has 0 aliphatic carbocycles. The van der Waals surface area contributed by atoms with Gasteiger partial charge in [-0.1, -0.05) is 48.5 Å². The monoisotopic (exact) mass is 268 g/mol. The van der Waals surface area contributed by atoms with Gasteiger partial charge in [0.1, 0.15) is 0 Å². The summed E-state index contributed by atoms with van der Waals surface area (Å²) in [5, 5.41) is 6.25. The molecule has 2 aromatic rings. The molecule has 0 aliphatic heterocycles. The van der Waals surface area contributed by atoms with Crippen LogP contribution in [-0.4, -0.2) is 11.9 Å². The summed E-state index contributed by atoms with van der Waals surface area (Å²) >= 11 is 0. The minimum absolute atomic E-state index is 0.0317. The highest BCUT2D eigenvalue weighted by molar-refractivity contribution is 5.90.